The summed E-state index contributed by atoms with van der Waals surface area (Å²) in [7, 11) is 0. The molecule has 1 N–H and O–H groups in total. The van der Waals surface area contributed by atoms with E-state index in [0.29, 0.717) is 5.15 Å². The second-order valence-electron chi connectivity index (χ2n) is 4.26. The fourth-order valence-electron chi connectivity index (χ4n) is 1.68. The summed E-state index contributed by atoms with van der Waals surface area (Å²) in [4.78, 5) is 8.85. The molecular formula is C14H15ClIN3. The molecule has 0 aliphatic heterocycles. The molecule has 2 rings (SSSR count). The SMILES string of the molecule is CCCc1nc(Cl)c(C)c(Nc2ccccc2I)n1. The van der Waals surface area contributed by atoms with Crippen molar-refractivity contribution in [1.29, 1.82) is 0 Å². The third kappa shape index (κ3) is 3.57. The zero-order valence-electron chi connectivity index (χ0n) is 10.9. The summed E-state index contributed by atoms with van der Waals surface area (Å²) in [5.74, 6) is 1.57. The molecule has 0 saturated heterocycles. The Morgan fingerprint density at radius 2 is 2.00 bits per heavy atom. The van der Waals surface area contributed by atoms with E-state index >= 15 is 0 Å². The molecule has 3 nitrogen and oxygen atoms in total. The first-order valence-electron chi connectivity index (χ1n) is 6.16. The normalized spacial score (nSPS) is 10.5. The van der Waals surface area contributed by atoms with Gasteiger partial charge in [0.1, 0.15) is 16.8 Å². The molecule has 2 aromatic rings. The Balaban J connectivity index is 2.36. The zero-order valence-corrected chi connectivity index (χ0v) is 13.8. The minimum absolute atomic E-state index is 0.520. The van der Waals surface area contributed by atoms with E-state index in [4.69, 9.17) is 11.6 Å². The van der Waals surface area contributed by atoms with Crippen LogP contribution in [0.25, 0.3) is 0 Å². The maximum atomic E-state index is 6.17. The van der Waals surface area contributed by atoms with Crippen molar-refractivity contribution in [2.45, 2.75) is 26.7 Å². The first-order chi connectivity index (χ1) is 9.11. The van der Waals surface area contributed by atoms with Crippen molar-refractivity contribution >= 4 is 45.7 Å². The highest BCUT2D eigenvalue weighted by atomic mass is 127. The molecule has 0 fully saturated rings. The van der Waals surface area contributed by atoms with Gasteiger partial charge < -0.3 is 5.32 Å². The highest BCUT2D eigenvalue weighted by molar-refractivity contribution is 14.1. The molecule has 1 aromatic heterocycles. The first-order valence-corrected chi connectivity index (χ1v) is 7.62. The van der Waals surface area contributed by atoms with Crippen LogP contribution in [0, 0.1) is 10.5 Å². The lowest BCUT2D eigenvalue weighted by Crippen LogP contribution is -2.04. The Morgan fingerprint density at radius 3 is 2.68 bits per heavy atom. The standard InChI is InChI=1S/C14H15ClIN3/c1-3-6-12-18-13(15)9(2)14(19-12)17-11-8-5-4-7-10(11)16/h4-5,7-8H,3,6H2,1-2H3,(H,17,18,19). The van der Waals surface area contributed by atoms with Crippen LogP contribution in [0.5, 0.6) is 0 Å². The number of nitrogens with zero attached hydrogens (tertiary/aromatic N) is 2. The molecule has 19 heavy (non-hydrogen) atoms. The van der Waals surface area contributed by atoms with Crippen molar-refractivity contribution in [1.82, 2.24) is 9.97 Å². The molecule has 100 valence electrons. The molecule has 0 saturated carbocycles. The van der Waals surface area contributed by atoms with E-state index in [9.17, 15) is 0 Å². The minimum atomic E-state index is 0.520. The molecule has 5 heteroatoms. The first kappa shape index (κ1) is 14.5. The third-order valence-electron chi connectivity index (χ3n) is 2.73. The second kappa shape index (κ2) is 6.52. The Hall–Kier alpha value is -0.880. The fourth-order valence-corrected chi connectivity index (χ4v) is 2.39. The molecule has 1 heterocycles. The number of halogens is 2. The minimum Gasteiger partial charge on any atom is -0.339 e. The van der Waals surface area contributed by atoms with Crippen LogP contribution >= 0.6 is 34.2 Å². The van der Waals surface area contributed by atoms with Crippen molar-refractivity contribution in [3.05, 3.63) is 44.4 Å². The number of para-hydroxylation sites is 1. The van der Waals surface area contributed by atoms with Crippen molar-refractivity contribution in [2.24, 2.45) is 0 Å². The highest BCUT2D eigenvalue weighted by Crippen LogP contribution is 2.26. The van der Waals surface area contributed by atoms with Gasteiger partial charge in [-0.15, -0.1) is 0 Å². The van der Waals surface area contributed by atoms with E-state index in [-0.39, 0.29) is 0 Å². The summed E-state index contributed by atoms with van der Waals surface area (Å²) in [6, 6.07) is 8.08. The average Bonchev–Trinajstić information content (AvgIpc) is 2.38. The quantitative estimate of drug-likeness (QED) is 0.608. The molecule has 0 amide bonds. The summed E-state index contributed by atoms with van der Waals surface area (Å²) in [5.41, 5.74) is 1.91. The summed E-state index contributed by atoms with van der Waals surface area (Å²) in [6.07, 6.45) is 1.84. The fraction of sp³-hybridized carbons (Fsp3) is 0.286. The largest absolute Gasteiger partial charge is 0.339 e. The smallest absolute Gasteiger partial charge is 0.138 e. The van der Waals surface area contributed by atoms with Gasteiger partial charge in [0.15, 0.2) is 0 Å². The summed E-state index contributed by atoms with van der Waals surface area (Å²) < 4.78 is 1.14. The van der Waals surface area contributed by atoms with Crippen molar-refractivity contribution in [3.63, 3.8) is 0 Å². The van der Waals surface area contributed by atoms with Crippen molar-refractivity contribution in [2.75, 3.05) is 5.32 Å². The van der Waals surface area contributed by atoms with Gasteiger partial charge in [-0.05, 0) is 48.1 Å². The molecule has 0 unspecified atom stereocenters. The van der Waals surface area contributed by atoms with Crippen LogP contribution in [0.4, 0.5) is 11.5 Å². The van der Waals surface area contributed by atoms with Gasteiger partial charge in [0.2, 0.25) is 0 Å². The predicted molar refractivity (Wildman–Crippen MR) is 88.2 cm³/mol. The number of nitrogens with one attached hydrogen (secondary N) is 1. The molecule has 0 bridgehead atoms. The lowest BCUT2D eigenvalue weighted by atomic mass is 10.2. The van der Waals surface area contributed by atoms with Crippen molar-refractivity contribution in [3.8, 4) is 0 Å². The Bertz CT molecular complexity index is 587. The molecule has 0 spiro atoms. The highest BCUT2D eigenvalue weighted by Gasteiger charge is 2.10. The van der Waals surface area contributed by atoms with E-state index in [1.54, 1.807) is 0 Å². The van der Waals surface area contributed by atoms with Gasteiger partial charge in [0.25, 0.3) is 0 Å². The van der Waals surface area contributed by atoms with Gasteiger partial charge in [-0.3, -0.25) is 0 Å². The predicted octanol–water partition coefficient (Wildman–Crippen LogP) is 4.74. The third-order valence-corrected chi connectivity index (χ3v) is 4.04. The van der Waals surface area contributed by atoms with E-state index in [0.717, 1.165) is 39.3 Å². The van der Waals surface area contributed by atoms with Crippen LogP contribution in [0.1, 0.15) is 24.7 Å². The topological polar surface area (TPSA) is 37.8 Å². The number of benzene rings is 1. The Morgan fingerprint density at radius 1 is 1.26 bits per heavy atom. The van der Waals surface area contributed by atoms with Crippen molar-refractivity contribution < 1.29 is 0 Å². The van der Waals surface area contributed by atoms with E-state index in [2.05, 4.69) is 44.8 Å². The summed E-state index contributed by atoms with van der Waals surface area (Å²) in [6.45, 7) is 4.03. The average molecular weight is 388 g/mol. The Labute approximate surface area is 132 Å². The maximum absolute atomic E-state index is 6.17. The second-order valence-corrected chi connectivity index (χ2v) is 5.78. The van der Waals surface area contributed by atoms with Crippen LogP contribution in [0.2, 0.25) is 5.15 Å². The summed E-state index contributed by atoms with van der Waals surface area (Å²) >= 11 is 8.46. The van der Waals surface area contributed by atoms with Crippen LogP contribution < -0.4 is 5.32 Å². The van der Waals surface area contributed by atoms with Gasteiger partial charge in [-0.2, -0.15) is 0 Å². The monoisotopic (exact) mass is 387 g/mol. The zero-order chi connectivity index (χ0) is 13.8. The molecule has 1 aromatic carbocycles. The number of aryl methyl sites for hydroxylation is 1. The van der Waals surface area contributed by atoms with E-state index in [1.165, 1.54) is 0 Å². The molecule has 0 aliphatic rings. The van der Waals surface area contributed by atoms with Gasteiger partial charge in [-0.1, -0.05) is 30.7 Å². The molecule has 0 radical (unpaired) electrons. The van der Waals surface area contributed by atoms with Crippen LogP contribution in [0.15, 0.2) is 24.3 Å². The number of hydrogen-bond acceptors (Lipinski definition) is 3. The number of aromatic nitrogens is 2. The van der Waals surface area contributed by atoms with Gasteiger partial charge in [0, 0.05) is 15.6 Å². The number of rotatable bonds is 4. The lowest BCUT2D eigenvalue weighted by Gasteiger charge is -2.12. The molecule has 0 aliphatic carbocycles. The van der Waals surface area contributed by atoms with Gasteiger partial charge in [0.05, 0.1) is 5.69 Å². The van der Waals surface area contributed by atoms with Crippen LogP contribution in [0.3, 0.4) is 0 Å². The van der Waals surface area contributed by atoms with E-state index in [1.807, 2.05) is 31.2 Å². The summed E-state index contributed by atoms with van der Waals surface area (Å²) in [5, 5.41) is 3.86. The number of hydrogen-bond donors (Lipinski definition) is 1. The van der Waals surface area contributed by atoms with Gasteiger partial charge in [-0.25, -0.2) is 9.97 Å². The molecule has 0 atom stereocenters. The van der Waals surface area contributed by atoms with Crippen LogP contribution in [-0.2, 0) is 6.42 Å². The maximum Gasteiger partial charge on any atom is 0.138 e. The molecular weight excluding hydrogens is 373 g/mol. The van der Waals surface area contributed by atoms with E-state index < -0.39 is 0 Å². The Kier molecular flexibility index (Phi) is 4.99. The number of anilines is 2. The van der Waals surface area contributed by atoms with Crippen LogP contribution in [-0.4, -0.2) is 9.97 Å². The lowest BCUT2D eigenvalue weighted by molar-refractivity contribution is 0.833. The van der Waals surface area contributed by atoms with Gasteiger partial charge >= 0.3 is 0 Å².